The van der Waals surface area contributed by atoms with Crippen LogP contribution >= 0.6 is 15.9 Å². The predicted molar refractivity (Wildman–Crippen MR) is 87.1 cm³/mol. The smallest absolute Gasteiger partial charge is 0.131 e. The molecule has 5 heteroatoms. The van der Waals surface area contributed by atoms with Crippen molar-refractivity contribution in [2.24, 2.45) is 0 Å². The molecule has 0 amide bonds. The van der Waals surface area contributed by atoms with Crippen molar-refractivity contribution in [1.29, 1.82) is 0 Å². The fourth-order valence-electron chi connectivity index (χ4n) is 1.86. The summed E-state index contributed by atoms with van der Waals surface area (Å²) in [5, 5.41) is 6.59. The molecule has 0 radical (unpaired) electrons. The number of hydrogen-bond donors (Lipinski definition) is 2. The van der Waals surface area contributed by atoms with E-state index in [0.29, 0.717) is 6.04 Å². The maximum Gasteiger partial charge on any atom is 0.131 e. The summed E-state index contributed by atoms with van der Waals surface area (Å²) in [5.74, 6) is 1.69. The van der Waals surface area contributed by atoms with Crippen LogP contribution in [0.3, 0.4) is 0 Å². The Hall–Kier alpha value is -1.62. The molecular formula is C15H19BrN4. The Bertz CT molecular complexity index is 557. The maximum atomic E-state index is 4.23. The van der Waals surface area contributed by atoms with Crippen molar-refractivity contribution in [1.82, 2.24) is 9.97 Å². The molecule has 4 nitrogen and oxygen atoms in total. The number of anilines is 2. The van der Waals surface area contributed by atoms with Gasteiger partial charge in [-0.2, -0.15) is 0 Å². The topological polar surface area (TPSA) is 49.8 Å². The molecule has 0 aliphatic carbocycles. The van der Waals surface area contributed by atoms with Crippen LogP contribution in [0.5, 0.6) is 0 Å². The first kappa shape index (κ1) is 14.8. The summed E-state index contributed by atoms with van der Waals surface area (Å²) < 4.78 is 1.15. The van der Waals surface area contributed by atoms with Crippen LogP contribution in [0.2, 0.25) is 0 Å². The second kappa shape index (κ2) is 7.24. The highest BCUT2D eigenvalue weighted by atomic mass is 79.9. The van der Waals surface area contributed by atoms with E-state index in [1.807, 2.05) is 12.1 Å². The Kier molecular flexibility index (Phi) is 5.35. The van der Waals surface area contributed by atoms with Crippen LogP contribution in [0.4, 0.5) is 11.6 Å². The number of benzene rings is 1. The van der Waals surface area contributed by atoms with Gasteiger partial charge in [-0.25, -0.2) is 9.97 Å². The largest absolute Gasteiger partial charge is 0.370 e. The van der Waals surface area contributed by atoms with Crippen molar-refractivity contribution < 1.29 is 0 Å². The summed E-state index contributed by atoms with van der Waals surface area (Å²) in [6.45, 7) is 5.00. The molecule has 0 unspecified atom stereocenters. The lowest BCUT2D eigenvalue weighted by Gasteiger charge is -2.11. The highest BCUT2D eigenvalue weighted by molar-refractivity contribution is 9.10. The molecule has 1 heterocycles. The second-order valence-electron chi connectivity index (χ2n) is 4.86. The second-order valence-corrected chi connectivity index (χ2v) is 5.71. The zero-order valence-corrected chi connectivity index (χ0v) is 13.3. The standard InChI is InChI=1S/C15H19BrN4/c1-11(2)20-15-9-14(18-10-19-15)17-8-7-12-5-3-4-6-13(12)16/h3-6,9-11H,7-8H2,1-2H3,(H2,17,18,19,20). The van der Waals surface area contributed by atoms with Gasteiger partial charge in [0.25, 0.3) is 0 Å². The Morgan fingerprint density at radius 1 is 1.15 bits per heavy atom. The average molecular weight is 335 g/mol. The Morgan fingerprint density at radius 2 is 1.90 bits per heavy atom. The van der Waals surface area contributed by atoms with E-state index in [-0.39, 0.29) is 0 Å². The molecule has 2 N–H and O–H groups in total. The molecule has 0 aliphatic rings. The van der Waals surface area contributed by atoms with Gasteiger partial charge in [0.1, 0.15) is 18.0 Å². The van der Waals surface area contributed by atoms with E-state index >= 15 is 0 Å². The van der Waals surface area contributed by atoms with Gasteiger partial charge in [-0.15, -0.1) is 0 Å². The zero-order valence-electron chi connectivity index (χ0n) is 11.7. The van der Waals surface area contributed by atoms with Gasteiger partial charge >= 0.3 is 0 Å². The summed E-state index contributed by atoms with van der Waals surface area (Å²) in [5.41, 5.74) is 1.29. The van der Waals surface area contributed by atoms with E-state index in [2.05, 4.69) is 68.6 Å². The minimum Gasteiger partial charge on any atom is -0.370 e. The summed E-state index contributed by atoms with van der Waals surface area (Å²) in [6, 6.07) is 10.5. The monoisotopic (exact) mass is 334 g/mol. The lowest BCUT2D eigenvalue weighted by molar-refractivity contribution is 0.885. The van der Waals surface area contributed by atoms with Crippen molar-refractivity contribution in [2.75, 3.05) is 17.2 Å². The third-order valence-electron chi connectivity index (χ3n) is 2.76. The van der Waals surface area contributed by atoms with Crippen LogP contribution in [0, 0.1) is 0 Å². The number of hydrogen-bond acceptors (Lipinski definition) is 4. The minimum absolute atomic E-state index is 0.359. The Morgan fingerprint density at radius 3 is 2.65 bits per heavy atom. The minimum atomic E-state index is 0.359. The van der Waals surface area contributed by atoms with Gasteiger partial charge < -0.3 is 10.6 Å². The van der Waals surface area contributed by atoms with Crippen LogP contribution in [0.15, 0.2) is 41.1 Å². The molecule has 2 aromatic rings. The average Bonchev–Trinajstić information content (AvgIpc) is 2.41. The van der Waals surface area contributed by atoms with Gasteiger partial charge in [-0.05, 0) is 31.9 Å². The molecule has 0 fully saturated rings. The van der Waals surface area contributed by atoms with E-state index in [1.165, 1.54) is 5.56 Å². The Labute approximate surface area is 128 Å². The Balaban J connectivity index is 1.89. The predicted octanol–water partition coefficient (Wildman–Crippen LogP) is 3.71. The van der Waals surface area contributed by atoms with E-state index in [9.17, 15) is 0 Å². The molecule has 106 valence electrons. The fourth-order valence-corrected chi connectivity index (χ4v) is 2.34. The van der Waals surface area contributed by atoms with E-state index < -0.39 is 0 Å². The van der Waals surface area contributed by atoms with Gasteiger partial charge in [0.15, 0.2) is 0 Å². The number of rotatable bonds is 6. The van der Waals surface area contributed by atoms with Crippen molar-refractivity contribution in [2.45, 2.75) is 26.3 Å². The molecule has 0 spiro atoms. The SMILES string of the molecule is CC(C)Nc1cc(NCCc2ccccc2Br)ncn1. The molecule has 1 aromatic heterocycles. The maximum absolute atomic E-state index is 4.23. The molecule has 0 saturated carbocycles. The zero-order chi connectivity index (χ0) is 14.4. The summed E-state index contributed by atoms with van der Waals surface area (Å²) >= 11 is 3.56. The van der Waals surface area contributed by atoms with Gasteiger partial charge in [0.05, 0.1) is 0 Å². The lowest BCUT2D eigenvalue weighted by Crippen LogP contribution is -2.12. The highest BCUT2D eigenvalue weighted by Crippen LogP contribution is 2.16. The first-order chi connectivity index (χ1) is 9.65. The van der Waals surface area contributed by atoms with Crippen LogP contribution in [-0.4, -0.2) is 22.6 Å². The number of halogens is 1. The molecule has 20 heavy (non-hydrogen) atoms. The summed E-state index contributed by atoms with van der Waals surface area (Å²) in [4.78, 5) is 8.42. The lowest BCUT2D eigenvalue weighted by atomic mass is 10.1. The molecule has 0 bridgehead atoms. The van der Waals surface area contributed by atoms with Crippen molar-refractivity contribution >= 4 is 27.6 Å². The normalized spacial score (nSPS) is 10.6. The van der Waals surface area contributed by atoms with Crippen molar-refractivity contribution in [3.63, 3.8) is 0 Å². The summed E-state index contributed by atoms with van der Waals surface area (Å²) in [6.07, 6.45) is 2.52. The van der Waals surface area contributed by atoms with Gasteiger partial charge in [0, 0.05) is 23.1 Å². The third kappa shape index (κ3) is 4.49. The number of aromatic nitrogens is 2. The molecule has 2 rings (SSSR count). The van der Waals surface area contributed by atoms with Gasteiger partial charge in [-0.3, -0.25) is 0 Å². The van der Waals surface area contributed by atoms with Crippen molar-refractivity contribution in [3.8, 4) is 0 Å². The number of nitrogens with zero attached hydrogens (tertiary/aromatic N) is 2. The van der Waals surface area contributed by atoms with Crippen LogP contribution in [0.1, 0.15) is 19.4 Å². The molecule has 0 atom stereocenters. The highest BCUT2D eigenvalue weighted by Gasteiger charge is 2.01. The molecule has 0 saturated heterocycles. The van der Waals surface area contributed by atoms with E-state index in [1.54, 1.807) is 6.33 Å². The van der Waals surface area contributed by atoms with Crippen molar-refractivity contribution in [3.05, 3.63) is 46.7 Å². The number of nitrogens with one attached hydrogen (secondary N) is 2. The first-order valence-corrected chi connectivity index (χ1v) is 7.50. The van der Waals surface area contributed by atoms with Crippen LogP contribution in [-0.2, 0) is 6.42 Å². The quantitative estimate of drug-likeness (QED) is 0.845. The summed E-state index contributed by atoms with van der Waals surface area (Å²) in [7, 11) is 0. The first-order valence-electron chi connectivity index (χ1n) is 6.71. The third-order valence-corrected chi connectivity index (χ3v) is 3.54. The molecule has 0 aliphatic heterocycles. The molecule has 1 aromatic carbocycles. The van der Waals surface area contributed by atoms with Crippen LogP contribution in [0.25, 0.3) is 0 Å². The van der Waals surface area contributed by atoms with Gasteiger partial charge in [-0.1, -0.05) is 34.1 Å². The van der Waals surface area contributed by atoms with Gasteiger partial charge in [0.2, 0.25) is 0 Å². The van der Waals surface area contributed by atoms with Crippen LogP contribution < -0.4 is 10.6 Å². The van der Waals surface area contributed by atoms with E-state index in [0.717, 1.165) is 29.1 Å². The molecular weight excluding hydrogens is 316 g/mol. The van der Waals surface area contributed by atoms with E-state index in [4.69, 9.17) is 0 Å². The fraction of sp³-hybridized carbons (Fsp3) is 0.333.